The number of halogens is 2. The Bertz CT molecular complexity index is 884. The zero-order valence-corrected chi connectivity index (χ0v) is 13.7. The lowest BCUT2D eigenvalue weighted by atomic mass is 10.2. The van der Waals surface area contributed by atoms with Crippen molar-refractivity contribution in [3.8, 4) is 5.75 Å². The maximum absolute atomic E-state index is 13.5. The predicted molar refractivity (Wildman–Crippen MR) is 96.2 cm³/mol. The molecule has 26 heavy (non-hydrogen) atoms. The number of carbonyl (C=O) groups is 1. The van der Waals surface area contributed by atoms with E-state index in [2.05, 4.69) is 10.6 Å². The first-order valence-corrected chi connectivity index (χ1v) is 7.90. The van der Waals surface area contributed by atoms with E-state index in [-0.39, 0.29) is 5.69 Å². The molecule has 0 fully saturated rings. The monoisotopic (exact) mass is 354 g/mol. The van der Waals surface area contributed by atoms with Crippen molar-refractivity contribution in [1.29, 1.82) is 0 Å². The van der Waals surface area contributed by atoms with Crippen LogP contribution in [0.2, 0.25) is 0 Å². The number of urea groups is 1. The minimum atomic E-state index is -0.716. The number of carbonyl (C=O) groups excluding carboxylic acids is 1. The summed E-state index contributed by atoms with van der Waals surface area (Å²) in [5, 5.41) is 4.81. The minimum Gasteiger partial charge on any atom is -0.489 e. The van der Waals surface area contributed by atoms with Crippen LogP contribution in [0.1, 0.15) is 5.56 Å². The van der Waals surface area contributed by atoms with Crippen molar-refractivity contribution in [3.05, 3.63) is 90.0 Å². The average Bonchev–Trinajstić information content (AvgIpc) is 2.65. The van der Waals surface area contributed by atoms with Crippen molar-refractivity contribution in [2.24, 2.45) is 0 Å². The van der Waals surface area contributed by atoms with Gasteiger partial charge in [0, 0.05) is 11.8 Å². The molecular formula is C20H16F2N2O2. The molecule has 0 aliphatic heterocycles. The molecular weight excluding hydrogens is 338 g/mol. The molecule has 0 bridgehead atoms. The van der Waals surface area contributed by atoms with Crippen LogP contribution in [-0.4, -0.2) is 6.03 Å². The summed E-state index contributed by atoms with van der Waals surface area (Å²) in [5.74, 6) is -0.705. The quantitative estimate of drug-likeness (QED) is 0.663. The highest BCUT2D eigenvalue weighted by Gasteiger charge is 2.08. The summed E-state index contributed by atoms with van der Waals surface area (Å²) in [6.45, 7) is 0.437. The lowest BCUT2D eigenvalue weighted by molar-refractivity contribution is 0.262. The lowest BCUT2D eigenvalue weighted by Crippen LogP contribution is -2.20. The van der Waals surface area contributed by atoms with E-state index < -0.39 is 17.7 Å². The Morgan fingerprint density at radius 3 is 2.35 bits per heavy atom. The molecule has 0 saturated carbocycles. The number of hydrogen-bond acceptors (Lipinski definition) is 2. The van der Waals surface area contributed by atoms with Crippen molar-refractivity contribution >= 4 is 17.4 Å². The maximum atomic E-state index is 13.5. The first kappa shape index (κ1) is 17.4. The van der Waals surface area contributed by atoms with Crippen LogP contribution in [0.15, 0.2) is 72.8 Å². The van der Waals surface area contributed by atoms with E-state index in [1.165, 1.54) is 0 Å². The van der Waals surface area contributed by atoms with Gasteiger partial charge >= 0.3 is 6.03 Å². The number of hydrogen-bond donors (Lipinski definition) is 2. The van der Waals surface area contributed by atoms with Gasteiger partial charge in [-0.05, 0) is 42.0 Å². The highest BCUT2D eigenvalue weighted by atomic mass is 19.1. The topological polar surface area (TPSA) is 50.4 Å². The van der Waals surface area contributed by atoms with E-state index in [0.717, 1.165) is 23.8 Å². The van der Waals surface area contributed by atoms with Gasteiger partial charge in [-0.3, -0.25) is 0 Å². The standard InChI is InChI=1S/C20H16F2N2O2/c21-15-6-11-18(22)19(12-15)24-20(25)23-16-7-9-17(10-8-16)26-13-14-4-2-1-3-5-14/h1-12H,13H2,(H2,23,24,25). The molecule has 0 unspecified atom stereocenters. The zero-order valence-electron chi connectivity index (χ0n) is 13.7. The van der Waals surface area contributed by atoms with E-state index >= 15 is 0 Å². The SMILES string of the molecule is O=C(Nc1ccc(OCc2ccccc2)cc1)Nc1cc(F)ccc1F. The Kier molecular flexibility index (Phi) is 5.43. The van der Waals surface area contributed by atoms with Crippen LogP contribution in [0.3, 0.4) is 0 Å². The number of nitrogens with one attached hydrogen (secondary N) is 2. The smallest absolute Gasteiger partial charge is 0.323 e. The molecule has 0 heterocycles. The van der Waals surface area contributed by atoms with E-state index in [1.807, 2.05) is 30.3 Å². The van der Waals surface area contributed by atoms with Gasteiger partial charge in [0.05, 0.1) is 5.69 Å². The highest BCUT2D eigenvalue weighted by molar-refractivity contribution is 5.99. The molecule has 0 aliphatic carbocycles. The van der Waals surface area contributed by atoms with Gasteiger partial charge in [0.2, 0.25) is 0 Å². The van der Waals surface area contributed by atoms with E-state index in [0.29, 0.717) is 18.0 Å². The number of benzene rings is 3. The molecule has 0 aliphatic rings. The van der Waals surface area contributed by atoms with Crippen molar-refractivity contribution in [2.75, 3.05) is 10.6 Å². The Morgan fingerprint density at radius 2 is 1.62 bits per heavy atom. The van der Waals surface area contributed by atoms with Crippen LogP contribution in [0.4, 0.5) is 25.0 Å². The summed E-state index contributed by atoms with van der Waals surface area (Å²) in [6, 6.07) is 18.6. The first-order chi connectivity index (χ1) is 12.6. The van der Waals surface area contributed by atoms with Gasteiger partial charge in [-0.1, -0.05) is 30.3 Å². The van der Waals surface area contributed by atoms with Gasteiger partial charge in [0.25, 0.3) is 0 Å². The Morgan fingerprint density at radius 1 is 0.885 bits per heavy atom. The highest BCUT2D eigenvalue weighted by Crippen LogP contribution is 2.19. The van der Waals surface area contributed by atoms with Crippen LogP contribution in [-0.2, 0) is 6.61 Å². The first-order valence-electron chi connectivity index (χ1n) is 7.90. The largest absolute Gasteiger partial charge is 0.489 e. The molecule has 0 radical (unpaired) electrons. The molecule has 0 aromatic heterocycles. The van der Waals surface area contributed by atoms with Gasteiger partial charge < -0.3 is 15.4 Å². The summed E-state index contributed by atoms with van der Waals surface area (Å²) < 4.78 is 32.3. The van der Waals surface area contributed by atoms with Crippen LogP contribution < -0.4 is 15.4 Å². The maximum Gasteiger partial charge on any atom is 0.323 e. The van der Waals surface area contributed by atoms with Crippen LogP contribution in [0.25, 0.3) is 0 Å². The molecule has 3 aromatic carbocycles. The summed E-state index contributed by atoms with van der Waals surface area (Å²) in [4.78, 5) is 11.9. The second-order valence-electron chi connectivity index (χ2n) is 5.50. The van der Waals surface area contributed by atoms with E-state index in [1.54, 1.807) is 24.3 Å². The molecule has 2 N–H and O–H groups in total. The van der Waals surface area contributed by atoms with Gasteiger partial charge in [0.15, 0.2) is 0 Å². The number of amides is 2. The molecule has 0 atom stereocenters. The number of ether oxygens (including phenoxy) is 1. The minimum absolute atomic E-state index is 0.231. The average molecular weight is 354 g/mol. The second kappa shape index (κ2) is 8.11. The second-order valence-corrected chi connectivity index (χ2v) is 5.50. The number of anilines is 2. The molecule has 3 aromatic rings. The molecule has 132 valence electrons. The normalized spacial score (nSPS) is 10.2. The Labute approximate surface area is 149 Å². The third-order valence-corrected chi connectivity index (χ3v) is 3.54. The number of rotatable bonds is 5. The molecule has 6 heteroatoms. The zero-order chi connectivity index (χ0) is 18.4. The summed E-state index contributed by atoms with van der Waals surface area (Å²) in [7, 11) is 0. The Hall–Kier alpha value is -3.41. The predicted octanol–water partition coefficient (Wildman–Crippen LogP) is 5.19. The van der Waals surface area contributed by atoms with Gasteiger partial charge in [0.1, 0.15) is 24.0 Å². The van der Waals surface area contributed by atoms with Crippen LogP contribution in [0, 0.1) is 11.6 Å². The van der Waals surface area contributed by atoms with E-state index in [9.17, 15) is 13.6 Å². The molecule has 0 saturated heterocycles. The van der Waals surface area contributed by atoms with Crippen LogP contribution in [0.5, 0.6) is 5.75 Å². The van der Waals surface area contributed by atoms with E-state index in [4.69, 9.17) is 4.74 Å². The summed E-state index contributed by atoms with van der Waals surface area (Å²) >= 11 is 0. The molecule has 4 nitrogen and oxygen atoms in total. The molecule has 2 amide bonds. The molecule has 0 spiro atoms. The van der Waals surface area contributed by atoms with Crippen molar-refractivity contribution in [3.63, 3.8) is 0 Å². The van der Waals surface area contributed by atoms with Crippen LogP contribution >= 0.6 is 0 Å². The van der Waals surface area contributed by atoms with Gasteiger partial charge in [-0.25, -0.2) is 13.6 Å². The van der Waals surface area contributed by atoms with Crippen molar-refractivity contribution in [1.82, 2.24) is 0 Å². The summed E-state index contributed by atoms with van der Waals surface area (Å²) in [5.41, 5.74) is 1.31. The lowest BCUT2D eigenvalue weighted by Gasteiger charge is -2.10. The van der Waals surface area contributed by atoms with Crippen molar-refractivity contribution < 1.29 is 18.3 Å². The third-order valence-electron chi connectivity index (χ3n) is 3.54. The van der Waals surface area contributed by atoms with Gasteiger partial charge in [-0.15, -0.1) is 0 Å². The molecule has 3 rings (SSSR count). The van der Waals surface area contributed by atoms with Crippen molar-refractivity contribution in [2.45, 2.75) is 6.61 Å². The van der Waals surface area contributed by atoms with Gasteiger partial charge in [-0.2, -0.15) is 0 Å². The third kappa shape index (κ3) is 4.80. The fourth-order valence-corrected chi connectivity index (χ4v) is 2.25. The fourth-order valence-electron chi connectivity index (χ4n) is 2.25. The Balaban J connectivity index is 1.55. The fraction of sp³-hybridized carbons (Fsp3) is 0.0500. The summed E-state index contributed by atoms with van der Waals surface area (Å²) in [6.07, 6.45) is 0.